The van der Waals surface area contributed by atoms with Crippen molar-refractivity contribution in [1.29, 1.82) is 0 Å². The van der Waals surface area contributed by atoms with Crippen molar-refractivity contribution in [3.05, 3.63) is 132 Å². The molecule has 0 aliphatic rings. The predicted octanol–water partition coefficient (Wildman–Crippen LogP) is 30.9. The van der Waals surface area contributed by atoms with Crippen LogP contribution in [-0.2, 0) is 14.2 Å². The lowest BCUT2D eigenvalue weighted by atomic mass is 10.0. The quantitative estimate of drug-likeness (QED) is 0.0165. The van der Waals surface area contributed by atoms with Crippen LogP contribution in [0.25, 0.3) is 0 Å². The molecule has 0 saturated heterocycles. The Morgan fingerprint density at radius 3 is 0.873 bits per heavy atom. The number of hydrogen-bond acceptors (Lipinski definition) is 13. The molecule has 14 heteroatoms. The molecule has 0 saturated carbocycles. The predicted molar refractivity (Wildman–Crippen MR) is 512 cm³/mol. The molecule has 0 unspecified atom stereocenters. The van der Waals surface area contributed by atoms with Crippen molar-refractivity contribution in [3.63, 3.8) is 0 Å². The molecule has 0 atom stereocenters. The summed E-state index contributed by atoms with van der Waals surface area (Å²) in [4.78, 5) is 45.4. The van der Waals surface area contributed by atoms with Crippen LogP contribution in [-0.4, -0.2) is 145 Å². The van der Waals surface area contributed by atoms with E-state index in [0.29, 0.717) is 18.7 Å². The molecule has 14 nitrogen and oxygen atoms in total. The first-order valence-electron chi connectivity index (χ1n) is 49.4. The highest BCUT2D eigenvalue weighted by atomic mass is 16.7. The summed E-state index contributed by atoms with van der Waals surface area (Å²) in [5.41, 5.74) is -0.0432. The third kappa shape index (κ3) is 81.9. The number of nitro benzene ring substituents is 1. The van der Waals surface area contributed by atoms with Gasteiger partial charge in [-0.3, -0.25) is 19.9 Å². The average molecular weight is 1650 g/mol. The molecule has 0 radical (unpaired) electrons. The van der Waals surface area contributed by atoms with E-state index in [9.17, 15) is 19.7 Å². The van der Waals surface area contributed by atoms with E-state index in [0.717, 1.165) is 168 Å². The summed E-state index contributed by atoms with van der Waals surface area (Å²) in [7, 11) is 0. The number of likely N-dealkylation sites (N-methyl/N-ethyl adjacent to an activating group) is 2. The van der Waals surface area contributed by atoms with E-state index in [2.05, 4.69) is 200 Å². The van der Waals surface area contributed by atoms with Gasteiger partial charge in [0, 0.05) is 63.5 Å². The van der Waals surface area contributed by atoms with E-state index < -0.39 is 17.2 Å². The Hall–Kier alpha value is -5.12. The number of hydrogen-bond donors (Lipinski definition) is 1. The van der Waals surface area contributed by atoms with Crippen molar-refractivity contribution in [2.75, 3.05) is 78.7 Å². The number of non-ortho nitro benzene ring substituents is 1. The summed E-state index contributed by atoms with van der Waals surface area (Å²) in [6, 6.07) is 6.46. The SMILES string of the molecule is CCCCC/C=C\C/C=C\CCCCCCCCC(CCCCCCCC/C=C\C/C=C\CCCCC)OC(=O)OCCN(CCN(CC)CC)C(C)C.CCCCC/C=C\C/C=C\CCCCCCCCC(CCCCCCCC/C=C\C/C=C\CCCCC)OC(=O)Oc1ccc([N+](=O)[O-])cc1.CCN(CC)CCN(CCO)C(C)C. The van der Waals surface area contributed by atoms with E-state index in [1.54, 1.807) is 0 Å². The highest BCUT2D eigenvalue weighted by Crippen LogP contribution is 2.23. The van der Waals surface area contributed by atoms with Crippen LogP contribution in [0.4, 0.5) is 15.3 Å². The molecule has 1 rings (SSSR count). The molecule has 1 aromatic carbocycles. The average Bonchev–Trinajstić information content (AvgIpc) is 0.882. The maximum atomic E-state index is 12.8. The van der Waals surface area contributed by atoms with Gasteiger partial charge in [-0.05, 0) is 246 Å². The van der Waals surface area contributed by atoms with E-state index in [1.807, 2.05) is 0 Å². The van der Waals surface area contributed by atoms with Gasteiger partial charge in [0.25, 0.3) is 5.69 Å². The fourth-order valence-corrected chi connectivity index (χ4v) is 14.3. The van der Waals surface area contributed by atoms with Gasteiger partial charge in [-0.25, -0.2) is 9.59 Å². The number of carbonyl (C=O) groups excluding carboxylic acids is 2. The lowest BCUT2D eigenvalue weighted by Crippen LogP contribution is -2.40. The minimum Gasteiger partial charge on any atom is -0.433 e. The minimum atomic E-state index is -0.732. The second-order valence-corrected chi connectivity index (χ2v) is 33.2. The Morgan fingerprint density at radius 2 is 0.610 bits per heavy atom. The molecular formula is C104H189N5O9. The summed E-state index contributed by atoms with van der Waals surface area (Å²) < 4.78 is 22.7. The minimum absolute atomic E-state index is 0.0296. The number of aliphatic hydroxyl groups is 1. The molecule has 0 aliphatic carbocycles. The van der Waals surface area contributed by atoms with Crippen molar-refractivity contribution >= 4 is 18.0 Å². The zero-order valence-corrected chi connectivity index (χ0v) is 79.1. The smallest absolute Gasteiger partial charge is 0.433 e. The first kappa shape index (κ1) is 115. The van der Waals surface area contributed by atoms with Crippen LogP contribution in [0.15, 0.2) is 121 Å². The van der Waals surface area contributed by atoms with Gasteiger partial charge in [0.05, 0.1) is 11.5 Å². The van der Waals surface area contributed by atoms with Gasteiger partial charge in [0.1, 0.15) is 24.6 Å². The van der Waals surface area contributed by atoms with E-state index in [-0.39, 0.29) is 30.3 Å². The molecule has 1 N–H and O–H groups in total. The normalized spacial score (nSPS) is 12.2. The largest absolute Gasteiger partial charge is 0.514 e. The summed E-state index contributed by atoms with van der Waals surface area (Å²) in [5, 5.41) is 19.8. The zero-order chi connectivity index (χ0) is 86.7. The summed E-state index contributed by atoms with van der Waals surface area (Å²) in [6.07, 6.45) is 98.0. The second-order valence-electron chi connectivity index (χ2n) is 33.2. The van der Waals surface area contributed by atoms with E-state index in [4.69, 9.17) is 24.1 Å². The fraction of sp³-hybridized carbons (Fsp3) is 0.769. The molecule has 0 aromatic heterocycles. The van der Waals surface area contributed by atoms with Crippen LogP contribution in [0.1, 0.15) is 417 Å². The lowest BCUT2D eigenvalue weighted by molar-refractivity contribution is -0.384. The standard InChI is InChI=1S/C49H92N2O3.C44H71NO5.C11H26N2O/c1-7-11-13-15-17-19-21-23-25-27-29-31-33-35-37-39-41-48(54-49(52)53-46-45-51(47(5)6)44-43-50(9-3)10-4)42-40-38-36-34-32-30-28-26-24-22-20-18-16-14-12-8-2;1-3-5-7-9-11-13-15-17-19-21-23-25-27-29-31-33-35-42(49-44(46)50-43-39-37-41(38-40-43)45(47)48)36-34-32-30-28-26-24-22-20-18-16-14-12-10-8-6-4-2;1-5-12(6-2)7-8-13(9-10-14)11(3)4/h17-20,23-26,47-48H,7-16,21-22,27-46H2,1-6H3;11-14,17-20,37-40,42H,3-10,15-16,21-36H2,1-2H3;11,14H,5-10H2,1-4H3/b19-17-,20-18-,25-23-,26-24-;13-11-,14-12-,19-17-,20-18-;. The molecule has 0 fully saturated rings. The summed E-state index contributed by atoms with van der Waals surface area (Å²) in [6.45, 7) is 37.3. The second kappa shape index (κ2) is 92.6. The maximum absolute atomic E-state index is 12.8. The fourth-order valence-electron chi connectivity index (χ4n) is 14.3. The molecule has 1 aromatic rings. The number of aliphatic hydroxyl groups excluding tert-OH is 1. The number of nitro groups is 1. The van der Waals surface area contributed by atoms with Gasteiger partial charge in [-0.1, -0.05) is 307 Å². The summed E-state index contributed by atoms with van der Waals surface area (Å²) in [5.74, 6) is 0.252. The van der Waals surface area contributed by atoms with Crippen molar-refractivity contribution in [2.24, 2.45) is 0 Å². The molecule has 0 amide bonds. The van der Waals surface area contributed by atoms with Crippen LogP contribution in [0.3, 0.4) is 0 Å². The van der Waals surface area contributed by atoms with Crippen LogP contribution in [0.5, 0.6) is 5.75 Å². The van der Waals surface area contributed by atoms with Crippen LogP contribution in [0.2, 0.25) is 0 Å². The molecule has 0 heterocycles. The van der Waals surface area contributed by atoms with Crippen molar-refractivity contribution in [2.45, 2.75) is 441 Å². The number of allylic oxidation sites excluding steroid dienone is 16. The van der Waals surface area contributed by atoms with Crippen LogP contribution < -0.4 is 4.74 Å². The first-order valence-corrected chi connectivity index (χ1v) is 49.4. The molecule has 0 spiro atoms. The van der Waals surface area contributed by atoms with Gasteiger partial charge in [0.15, 0.2) is 0 Å². The Balaban J connectivity index is 0. The van der Waals surface area contributed by atoms with Gasteiger partial charge in [0.2, 0.25) is 0 Å². The zero-order valence-electron chi connectivity index (χ0n) is 79.1. The number of benzene rings is 1. The Bertz CT molecular complexity index is 2440. The third-order valence-corrected chi connectivity index (χ3v) is 22.3. The number of nitrogens with zero attached hydrogens (tertiary/aromatic N) is 5. The van der Waals surface area contributed by atoms with Crippen molar-refractivity contribution < 1.29 is 38.6 Å². The van der Waals surface area contributed by atoms with Crippen molar-refractivity contribution in [1.82, 2.24) is 19.6 Å². The van der Waals surface area contributed by atoms with E-state index >= 15 is 0 Å². The van der Waals surface area contributed by atoms with Gasteiger partial charge < -0.3 is 33.9 Å². The van der Waals surface area contributed by atoms with Crippen molar-refractivity contribution in [3.8, 4) is 5.75 Å². The van der Waals surface area contributed by atoms with Gasteiger partial charge in [-0.2, -0.15) is 0 Å². The maximum Gasteiger partial charge on any atom is 0.514 e. The summed E-state index contributed by atoms with van der Waals surface area (Å²) >= 11 is 0. The topological polar surface area (TPSA) is 147 Å². The molecule has 684 valence electrons. The lowest BCUT2D eigenvalue weighted by Gasteiger charge is -2.29. The number of carbonyl (C=O) groups is 2. The monoisotopic (exact) mass is 1650 g/mol. The third-order valence-electron chi connectivity index (χ3n) is 22.3. The molecular weight excluding hydrogens is 1460 g/mol. The number of unbranched alkanes of at least 4 members (excludes halogenated alkanes) is 36. The first-order chi connectivity index (χ1) is 57.7. The Morgan fingerprint density at radius 1 is 0.347 bits per heavy atom. The van der Waals surface area contributed by atoms with Crippen LogP contribution in [0, 0.1) is 10.1 Å². The molecule has 0 aliphatic heterocycles. The molecule has 118 heavy (non-hydrogen) atoms. The van der Waals surface area contributed by atoms with Gasteiger partial charge in [-0.15, -0.1) is 0 Å². The highest BCUT2D eigenvalue weighted by molar-refractivity contribution is 5.64. The molecule has 0 bridgehead atoms. The Kier molecular flexibility index (Phi) is 90.2. The van der Waals surface area contributed by atoms with E-state index in [1.165, 1.54) is 255 Å². The highest BCUT2D eigenvalue weighted by Gasteiger charge is 2.20. The van der Waals surface area contributed by atoms with Crippen LogP contribution >= 0.6 is 0 Å². The Labute approximate surface area is 729 Å². The number of rotatable bonds is 81. The van der Waals surface area contributed by atoms with Gasteiger partial charge >= 0.3 is 12.3 Å². The number of ether oxygens (including phenoxy) is 4.